The number of likely N-dealkylation sites (N-methyl/N-ethyl adjacent to an activating group) is 1. The minimum absolute atomic E-state index is 0.326. The summed E-state index contributed by atoms with van der Waals surface area (Å²) in [4.78, 5) is 2.37. The van der Waals surface area contributed by atoms with Gasteiger partial charge >= 0.3 is 0 Å². The van der Waals surface area contributed by atoms with Crippen LogP contribution in [0.3, 0.4) is 0 Å². The number of rotatable bonds is 6. The van der Waals surface area contributed by atoms with Crippen LogP contribution in [0.5, 0.6) is 0 Å². The van der Waals surface area contributed by atoms with E-state index < -0.39 is 0 Å². The molecule has 84 valence electrons. The molecule has 1 aliphatic rings. The van der Waals surface area contributed by atoms with E-state index in [1.54, 1.807) is 0 Å². The van der Waals surface area contributed by atoms with Crippen molar-refractivity contribution in [1.82, 2.24) is 10.2 Å². The lowest BCUT2D eigenvalue weighted by atomic mass is 10.1. The molecule has 0 aromatic heterocycles. The summed E-state index contributed by atoms with van der Waals surface area (Å²) in [6.45, 7) is 5.94. The molecule has 0 amide bonds. The van der Waals surface area contributed by atoms with E-state index in [2.05, 4.69) is 24.2 Å². The Labute approximate surface area is 87.5 Å². The van der Waals surface area contributed by atoms with Gasteiger partial charge in [0, 0.05) is 19.2 Å². The number of nitrogens with zero attached hydrogens (tertiary/aromatic N) is 1. The fourth-order valence-electron chi connectivity index (χ4n) is 1.95. The van der Waals surface area contributed by atoms with Crippen LogP contribution < -0.4 is 5.32 Å². The third kappa shape index (κ3) is 4.40. The van der Waals surface area contributed by atoms with Crippen molar-refractivity contribution in [2.24, 2.45) is 5.92 Å². The Morgan fingerprint density at radius 1 is 1.57 bits per heavy atom. The zero-order valence-electron chi connectivity index (χ0n) is 9.50. The lowest BCUT2D eigenvalue weighted by Crippen LogP contribution is -2.32. The van der Waals surface area contributed by atoms with Gasteiger partial charge in [0.25, 0.3) is 0 Å². The number of aliphatic hydroxyl groups excluding tert-OH is 1. The predicted octanol–water partition coefficient (Wildman–Crippen LogP) is 0.689. The maximum absolute atomic E-state index is 8.85. The second kappa shape index (κ2) is 6.38. The number of hydrogen-bond acceptors (Lipinski definition) is 3. The van der Waals surface area contributed by atoms with Gasteiger partial charge < -0.3 is 15.3 Å². The molecule has 0 saturated carbocycles. The minimum Gasteiger partial charge on any atom is -0.396 e. The zero-order chi connectivity index (χ0) is 10.4. The van der Waals surface area contributed by atoms with Crippen LogP contribution in [0.2, 0.25) is 0 Å². The van der Waals surface area contributed by atoms with Crippen LogP contribution in [-0.4, -0.2) is 49.3 Å². The van der Waals surface area contributed by atoms with Crippen molar-refractivity contribution >= 4 is 0 Å². The van der Waals surface area contributed by atoms with E-state index in [1.807, 2.05) is 0 Å². The van der Waals surface area contributed by atoms with E-state index in [0.717, 1.165) is 13.0 Å². The molecule has 2 atom stereocenters. The molecule has 3 nitrogen and oxygen atoms in total. The third-order valence-electron chi connectivity index (χ3n) is 3.01. The summed E-state index contributed by atoms with van der Waals surface area (Å²) < 4.78 is 0. The second-order valence-electron chi connectivity index (χ2n) is 4.63. The molecule has 2 N–H and O–H groups in total. The molecular formula is C11H24N2O. The fourth-order valence-corrected chi connectivity index (χ4v) is 1.95. The highest BCUT2D eigenvalue weighted by molar-refractivity contribution is 4.78. The van der Waals surface area contributed by atoms with Crippen LogP contribution in [-0.2, 0) is 0 Å². The van der Waals surface area contributed by atoms with Gasteiger partial charge in [0.2, 0.25) is 0 Å². The summed E-state index contributed by atoms with van der Waals surface area (Å²) in [5.41, 5.74) is 0. The molecule has 0 radical (unpaired) electrons. The summed E-state index contributed by atoms with van der Waals surface area (Å²) >= 11 is 0. The Bertz CT molecular complexity index is 152. The van der Waals surface area contributed by atoms with Gasteiger partial charge in [0.15, 0.2) is 0 Å². The molecule has 1 aliphatic heterocycles. The monoisotopic (exact) mass is 200 g/mol. The molecule has 3 heteroatoms. The van der Waals surface area contributed by atoms with Crippen molar-refractivity contribution in [1.29, 1.82) is 0 Å². The molecule has 0 aromatic carbocycles. The van der Waals surface area contributed by atoms with Crippen LogP contribution in [0, 0.1) is 5.92 Å². The van der Waals surface area contributed by atoms with E-state index >= 15 is 0 Å². The van der Waals surface area contributed by atoms with Crippen molar-refractivity contribution in [3.63, 3.8) is 0 Å². The minimum atomic E-state index is 0.326. The lowest BCUT2D eigenvalue weighted by Gasteiger charge is -2.13. The summed E-state index contributed by atoms with van der Waals surface area (Å²) in [5, 5.41) is 12.4. The number of hydrogen-bond donors (Lipinski definition) is 2. The van der Waals surface area contributed by atoms with Gasteiger partial charge in [-0.2, -0.15) is 0 Å². The normalized spacial score (nSPS) is 25.5. The summed E-state index contributed by atoms with van der Waals surface area (Å²) in [7, 11) is 2.18. The van der Waals surface area contributed by atoms with E-state index in [9.17, 15) is 0 Å². The average Bonchev–Trinajstić information content (AvgIpc) is 2.58. The van der Waals surface area contributed by atoms with E-state index in [0.29, 0.717) is 18.6 Å². The van der Waals surface area contributed by atoms with Gasteiger partial charge in [-0.05, 0) is 45.3 Å². The van der Waals surface area contributed by atoms with Crippen molar-refractivity contribution in [2.45, 2.75) is 32.2 Å². The topological polar surface area (TPSA) is 35.5 Å². The number of likely N-dealkylation sites (tertiary alicyclic amines) is 1. The molecule has 1 saturated heterocycles. The van der Waals surface area contributed by atoms with Crippen molar-refractivity contribution in [3.8, 4) is 0 Å². The Morgan fingerprint density at radius 3 is 2.93 bits per heavy atom. The van der Waals surface area contributed by atoms with Crippen molar-refractivity contribution in [2.75, 3.05) is 33.3 Å². The molecule has 0 aliphatic carbocycles. The Morgan fingerprint density at radius 2 is 2.36 bits per heavy atom. The van der Waals surface area contributed by atoms with Crippen LogP contribution in [0.25, 0.3) is 0 Å². The highest BCUT2D eigenvalue weighted by atomic mass is 16.3. The number of aliphatic hydroxyl groups is 1. The average molecular weight is 200 g/mol. The number of nitrogens with one attached hydrogen (secondary N) is 1. The van der Waals surface area contributed by atoms with Crippen LogP contribution in [0.1, 0.15) is 26.2 Å². The van der Waals surface area contributed by atoms with Gasteiger partial charge in [-0.1, -0.05) is 6.92 Å². The molecule has 1 rings (SSSR count). The zero-order valence-corrected chi connectivity index (χ0v) is 9.50. The summed E-state index contributed by atoms with van der Waals surface area (Å²) in [6.07, 6.45) is 3.60. The highest BCUT2D eigenvalue weighted by Gasteiger charge is 2.17. The van der Waals surface area contributed by atoms with E-state index in [4.69, 9.17) is 5.11 Å². The first-order chi connectivity index (χ1) is 6.72. The lowest BCUT2D eigenvalue weighted by molar-refractivity contribution is 0.227. The first-order valence-corrected chi connectivity index (χ1v) is 5.75. The maximum Gasteiger partial charge on any atom is 0.0456 e. The molecule has 0 aromatic rings. The van der Waals surface area contributed by atoms with E-state index in [1.165, 1.54) is 25.9 Å². The smallest absolute Gasteiger partial charge is 0.0456 e. The molecule has 0 bridgehead atoms. The van der Waals surface area contributed by atoms with Gasteiger partial charge in [-0.15, -0.1) is 0 Å². The highest BCUT2D eigenvalue weighted by Crippen LogP contribution is 2.07. The van der Waals surface area contributed by atoms with Crippen molar-refractivity contribution < 1.29 is 5.11 Å². The first-order valence-electron chi connectivity index (χ1n) is 5.75. The molecule has 0 spiro atoms. The second-order valence-corrected chi connectivity index (χ2v) is 4.63. The standard InChI is InChI=1S/C11H24N2O/c1-10(9-14)4-3-6-12-11-5-7-13(2)8-11/h10-12,14H,3-9H2,1-2H3. The van der Waals surface area contributed by atoms with Gasteiger partial charge in [0.1, 0.15) is 0 Å². The van der Waals surface area contributed by atoms with Crippen molar-refractivity contribution in [3.05, 3.63) is 0 Å². The van der Waals surface area contributed by atoms with E-state index in [-0.39, 0.29) is 0 Å². The first kappa shape index (κ1) is 12.0. The molecule has 14 heavy (non-hydrogen) atoms. The Balaban J connectivity index is 1.94. The molecular weight excluding hydrogens is 176 g/mol. The Hall–Kier alpha value is -0.120. The van der Waals surface area contributed by atoms with Gasteiger partial charge in [-0.25, -0.2) is 0 Å². The summed E-state index contributed by atoms with van der Waals surface area (Å²) in [6, 6.07) is 0.699. The van der Waals surface area contributed by atoms with Gasteiger partial charge in [-0.3, -0.25) is 0 Å². The van der Waals surface area contributed by atoms with Crippen LogP contribution in [0.15, 0.2) is 0 Å². The third-order valence-corrected chi connectivity index (χ3v) is 3.01. The SMILES string of the molecule is CC(CO)CCCNC1CCN(C)C1. The predicted molar refractivity (Wildman–Crippen MR) is 59.4 cm³/mol. The largest absolute Gasteiger partial charge is 0.396 e. The fraction of sp³-hybridized carbons (Fsp3) is 1.00. The van der Waals surface area contributed by atoms with Crippen LogP contribution >= 0.6 is 0 Å². The van der Waals surface area contributed by atoms with Crippen LogP contribution in [0.4, 0.5) is 0 Å². The molecule has 1 fully saturated rings. The Kier molecular flexibility index (Phi) is 5.45. The summed E-state index contributed by atoms with van der Waals surface area (Å²) in [5.74, 6) is 0.461. The molecule has 1 heterocycles. The maximum atomic E-state index is 8.85. The molecule has 2 unspecified atom stereocenters. The quantitative estimate of drug-likeness (QED) is 0.619. The van der Waals surface area contributed by atoms with Gasteiger partial charge in [0.05, 0.1) is 0 Å².